The maximum Gasteiger partial charge on any atom is 0.259 e. The zero-order valence-corrected chi connectivity index (χ0v) is 20.9. The fourth-order valence-corrected chi connectivity index (χ4v) is 5.49. The quantitative estimate of drug-likeness (QED) is 0.408. The van der Waals surface area contributed by atoms with Gasteiger partial charge in [0.05, 0.1) is 30.6 Å². The minimum atomic E-state index is -3.14. The Labute approximate surface area is 209 Å². The van der Waals surface area contributed by atoms with Gasteiger partial charge in [0.25, 0.3) is 5.56 Å². The number of ether oxygens (including phenoxy) is 1. The van der Waals surface area contributed by atoms with Gasteiger partial charge in [-0.25, -0.2) is 17.7 Å². The molecule has 0 radical (unpaired) electrons. The molecule has 0 unspecified atom stereocenters. The van der Waals surface area contributed by atoms with E-state index in [4.69, 9.17) is 9.72 Å². The van der Waals surface area contributed by atoms with Crippen molar-refractivity contribution in [2.45, 2.75) is 18.8 Å². The highest BCUT2D eigenvalue weighted by molar-refractivity contribution is 7.88. The normalized spacial score (nSPS) is 15.2. The van der Waals surface area contributed by atoms with Crippen molar-refractivity contribution in [1.82, 2.24) is 19.3 Å². The summed E-state index contributed by atoms with van der Waals surface area (Å²) in [6.07, 6.45) is 7.79. The lowest BCUT2D eigenvalue weighted by Gasteiger charge is -2.30. The second kappa shape index (κ2) is 9.71. The lowest BCUT2D eigenvalue weighted by atomic mass is 9.90. The molecule has 1 saturated heterocycles. The molecule has 36 heavy (non-hydrogen) atoms. The lowest BCUT2D eigenvalue weighted by Crippen LogP contribution is -2.37. The highest BCUT2D eigenvalue weighted by Crippen LogP contribution is 2.32. The van der Waals surface area contributed by atoms with Crippen LogP contribution in [0.3, 0.4) is 0 Å². The molecule has 5 rings (SSSR count). The number of hydrogen-bond donors (Lipinski definition) is 2. The Kier molecular flexibility index (Phi) is 6.46. The van der Waals surface area contributed by atoms with Gasteiger partial charge in [0.1, 0.15) is 11.6 Å². The first-order chi connectivity index (χ1) is 17.3. The summed E-state index contributed by atoms with van der Waals surface area (Å²) >= 11 is 0. The molecule has 2 N–H and O–H groups in total. The number of aromatic nitrogens is 3. The molecular weight excluding hydrogens is 478 g/mol. The molecule has 1 fully saturated rings. The molecule has 10 heteroatoms. The molecule has 4 heterocycles. The van der Waals surface area contributed by atoms with Gasteiger partial charge < -0.3 is 15.0 Å². The molecule has 186 valence electrons. The van der Waals surface area contributed by atoms with E-state index in [2.05, 4.69) is 15.3 Å². The minimum Gasteiger partial charge on any atom is -0.495 e. The van der Waals surface area contributed by atoms with Crippen molar-refractivity contribution in [1.29, 1.82) is 0 Å². The number of benzene rings is 1. The van der Waals surface area contributed by atoms with Gasteiger partial charge in [-0.2, -0.15) is 0 Å². The number of nitrogens with zero attached hydrogens (tertiary/aromatic N) is 3. The average molecular weight is 506 g/mol. The van der Waals surface area contributed by atoms with Crippen LogP contribution >= 0.6 is 0 Å². The smallest absolute Gasteiger partial charge is 0.259 e. The summed E-state index contributed by atoms with van der Waals surface area (Å²) in [5.41, 5.74) is 3.17. The average Bonchev–Trinajstić information content (AvgIpc) is 2.88. The zero-order valence-electron chi connectivity index (χ0n) is 20.1. The van der Waals surface area contributed by atoms with Crippen molar-refractivity contribution in [2.75, 3.05) is 31.8 Å². The Morgan fingerprint density at radius 1 is 1.08 bits per heavy atom. The molecule has 1 aliphatic heterocycles. The van der Waals surface area contributed by atoms with Crippen molar-refractivity contribution >= 4 is 32.3 Å². The Bertz CT molecular complexity index is 1560. The van der Waals surface area contributed by atoms with Crippen LogP contribution in [0.2, 0.25) is 0 Å². The van der Waals surface area contributed by atoms with Crippen LogP contribution in [0.4, 0.5) is 11.5 Å². The number of sulfonamides is 1. The Morgan fingerprint density at radius 3 is 2.53 bits per heavy atom. The SMILES string of the molecule is COc1cncc(-c2cc3cc[nH]c(=O)c3c(Nc3ccc(C4CCN(S(C)(=O)=O)CC4)cc3)n2)c1. The molecule has 1 aromatic carbocycles. The van der Waals surface area contributed by atoms with E-state index in [1.165, 1.54) is 11.8 Å². The number of methoxy groups -OCH3 is 1. The Hall–Kier alpha value is -3.76. The number of nitrogens with one attached hydrogen (secondary N) is 2. The third-order valence-electron chi connectivity index (χ3n) is 6.57. The van der Waals surface area contributed by atoms with Crippen LogP contribution in [0.15, 0.2) is 65.8 Å². The standard InChI is InChI=1S/C26H27N5O4S/c1-35-22-13-20(15-27-16-22)23-14-19-7-10-28-26(32)24(19)25(30-23)29-21-5-3-17(4-6-21)18-8-11-31(12-9-18)36(2,33)34/h3-7,10,13-16,18H,8-9,11-12H2,1-2H3,(H,28,32)(H,29,30). The predicted molar refractivity (Wildman–Crippen MR) is 140 cm³/mol. The Balaban J connectivity index is 1.43. The first-order valence-corrected chi connectivity index (χ1v) is 13.5. The monoisotopic (exact) mass is 505 g/mol. The van der Waals surface area contributed by atoms with Crippen LogP contribution in [0.1, 0.15) is 24.3 Å². The van der Waals surface area contributed by atoms with E-state index in [1.807, 2.05) is 42.5 Å². The molecular formula is C26H27N5O4S. The molecule has 0 aliphatic carbocycles. The van der Waals surface area contributed by atoms with Crippen LogP contribution in [0.5, 0.6) is 5.75 Å². The van der Waals surface area contributed by atoms with Gasteiger partial charge in [-0.1, -0.05) is 12.1 Å². The number of fused-ring (bicyclic) bond motifs is 1. The fraction of sp³-hybridized carbons (Fsp3) is 0.269. The lowest BCUT2D eigenvalue weighted by molar-refractivity contribution is 0.321. The summed E-state index contributed by atoms with van der Waals surface area (Å²) in [6, 6.07) is 13.6. The van der Waals surface area contributed by atoms with E-state index in [0.29, 0.717) is 41.7 Å². The van der Waals surface area contributed by atoms with E-state index < -0.39 is 10.0 Å². The van der Waals surface area contributed by atoms with Gasteiger partial charge in [-0.05, 0) is 60.0 Å². The molecule has 4 aromatic rings. The van der Waals surface area contributed by atoms with Gasteiger partial charge in [-0.15, -0.1) is 0 Å². The molecule has 1 aliphatic rings. The van der Waals surface area contributed by atoms with Gasteiger partial charge in [-0.3, -0.25) is 9.78 Å². The number of piperidine rings is 1. The second-order valence-electron chi connectivity index (χ2n) is 8.92. The maximum absolute atomic E-state index is 12.7. The van der Waals surface area contributed by atoms with Crippen LogP contribution in [0, 0.1) is 0 Å². The summed E-state index contributed by atoms with van der Waals surface area (Å²) in [4.78, 5) is 24.4. The number of H-pyrrole nitrogens is 1. The molecule has 0 saturated carbocycles. The van der Waals surface area contributed by atoms with Crippen LogP contribution in [-0.2, 0) is 10.0 Å². The molecule has 0 atom stereocenters. The van der Waals surface area contributed by atoms with Crippen molar-refractivity contribution in [2.24, 2.45) is 0 Å². The fourth-order valence-electron chi connectivity index (χ4n) is 4.62. The van der Waals surface area contributed by atoms with E-state index in [-0.39, 0.29) is 5.56 Å². The largest absolute Gasteiger partial charge is 0.495 e. The number of hydrogen-bond acceptors (Lipinski definition) is 7. The van der Waals surface area contributed by atoms with Gasteiger partial charge >= 0.3 is 0 Å². The molecule has 0 spiro atoms. The topological polar surface area (TPSA) is 117 Å². The van der Waals surface area contributed by atoms with Crippen molar-refractivity contribution in [3.63, 3.8) is 0 Å². The molecule has 9 nitrogen and oxygen atoms in total. The first-order valence-electron chi connectivity index (χ1n) is 11.7. The highest BCUT2D eigenvalue weighted by atomic mass is 32.2. The number of anilines is 2. The summed E-state index contributed by atoms with van der Waals surface area (Å²) in [5, 5.41) is 4.53. The summed E-state index contributed by atoms with van der Waals surface area (Å²) in [7, 11) is -1.56. The number of pyridine rings is 3. The summed E-state index contributed by atoms with van der Waals surface area (Å²) in [5.74, 6) is 1.37. The maximum atomic E-state index is 12.7. The van der Waals surface area contributed by atoms with Gasteiger partial charge in [0, 0.05) is 36.7 Å². The van der Waals surface area contributed by atoms with Gasteiger partial charge in [0.2, 0.25) is 10.0 Å². The van der Waals surface area contributed by atoms with Crippen LogP contribution in [0.25, 0.3) is 22.0 Å². The highest BCUT2D eigenvalue weighted by Gasteiger charge is 2.25. The third-order valence-corrected chi connectivity index (χ3v) is 7.87. The zero-order chi connectivity index (χ0) is 25.3. The molecule has 3 aromatic heterocycles. The van der Waals surface area contributed by atoms with Crippen LogP contribution < -0.4 is 15.6 Å². The van der Waals surface area contributed by atoms with Gasteiger partial charge in [0.15, 0.2) is 0 Å². The molecule has 0 bridgehead atoms. The van der Waals surface area contributed by atoms with E-state index in [1.54, 1.807) is 30.0 Å². The Morgan fingerprint density at radius 2 is 1.83 bits per heavy atom. The third kappa shape index (κ3) is 4.95. The number of rotatable bonds is 6. The predicted octanol–water partition coefficient (Wildman–Crippen LogP) is 3.88. The van der Waals surface area contributed by atoms with E-state index >= 15 is 0 Å². The van der Waals surface area contributed by atoms with E-state index in [9.17, 15) is 13.2 Å². The summed E-state index contributed by atoms with van der Waals surface area (Å²) in [6.45, 7) is 1.07. The van der Waals surface area contributed by atoms with Crippen molar-refractivity contribution < 1.29 is 13.2 Å². The van der Waals surface area contributed by atoms with Crippen LogP contribution in [-0.4, -0.2) is 54.1 Å². The second-order valence-corrected chi connectivity index (χ2v) is 10.9. The van der Waals surface area contributed by atoms with E-state index in [0.717, 1.165) is 29.5 Å². The molecule has 0 amide bonds. The first kappa shape index (κ1) is 24.0. The van der Waals surface area contributed by atoms with Crippen molar-refractivity contribution in [3.8, 4) is 17.0 Å². The summed E-state index contributed by atoms with van der Waals surface area (Å²) < 4.78 is 30.4. The minimum absolute atomic E-state index is 0.230. The van der Waals surface area contributed by atoms with Crippen molar-refractivity contribution in [3.05, 3.63) is 77.0 Å². The number of aromatic amines is 1.